The number of aliphatic hydroxyl groups excluding tert-OH is 1. The topological polar surface area (TPSA) is 23.5 Å². The lowest BCUT2D eigenvalue weighted by atomic mass is 9.99. The molecule has 1 fully saturated rings. The standard InChI is InChI=1S/C10H19NO/c1-3-4-10(12)11-7-5-9(2)6-8-11/h3-4,9-10,12H,5-8H2,1-2H3/b4-3+. The van der Waals surface area contributed by atoms with E-state index in [1.807, 2.05) is 19.1 Å². The summed E-state index contributed by atoms with van der Waals surface area (Å²) in [6.45, 7) is 6.29. The first kappa shape index (κ1) is 9.75. The van der Waals surface area contributed by atoms with Gasteiger partial charge >= 0.3 is 0 Å². The summed E-state index contributed by atoms with van der Waals surface area (Å²) in [4.78, 5) is 2.12. The van der Waals surface area contributed by atoms with Gasteiger partial charge in [-0.3, -0.25) is 4.90 Å². The van der Waals surface area contributed by atoms with E-state index in [1.54, 1.807) is 0 Å². The molecular weight excluding hydrogens is 150 g/mol. The lowest BCUT2D eigenvalue weighted by Crippen LogP contribution is -2.39. The Balaban J connectivity index is 2.33. The van der Waals surface area contributed by atoms with E-state index in [-0.39, 0.29) is 6.23 Å². The minimum Gasteiger partial charge on any atom is -0.375 e. The first-order valence-corrected chi connectivity index (χ1v) is 4.79. The highest BCUT2D eigenvalue weighted by Gasteiger charge is 2.19. The second-order valence-corrected chi connectivity index (χ2v) is 3.66. The number of piperidine rings is 1. The van der Waals surface area contributed by atoms with Crippen molar-refractivity contribution in [1.29, 1.82) is 0 Å². The highest BCUT2D eigenvalue weighted by molar-refractivity contribution is 4.87. The van der Waals surface area contributed by atoms with E-state index in [0.717, 1.165) is 19.0 Å². The molecule has 0 amide bonds. The van der Waals surface area contributed by atoms with Crippen LogP contribution in [0.5, 0.6) is 0 Å². The van der Waals surface area contributed by atoms with E-state index >= 15 is 0 Å². The van der Waals surface area contributed by atoms with Gasteiger partial charge in [0.15, 0.2) is 0 Å². The molecule has 2 nitrogen and oxygen atoms in total. The minimum absolute atomic E-state index is 0.359. The first-order chi connectivity index (χ1) is 5.74. The van der Waals surface area contributed by atoms with Crippen LogP contribution in [0.1, 0.15) is 26.7 Å². The van der Waals surface area contributed by atoms with Crippen LogP contribution in [0, 0.1) is 5.92 Å². The van der Waals surface area contributed by atoms with Gasteiger partial charge in [-0.1, -0.05) is 13.0 Å². The molecule has 0 bridgehead atoms. The third-order valence-electron chi connectivity index (χ3n) is 2.56. The summed E-state index contributed by atoms with van der Waals surface area (Å²) in [6.07, 6.45) is 5.82. The number of hydrogen-bond acceptors (Lipinski definition) is 2. The van der Waals surface area contributed by atoms with Crippen molar-refractivity contribution in [3.05, 3.63) is 12.2 Å². The maximum absolute atomic E-state index is 9.60. The molecule has 12 heavy (non-hydrogen) atoms. The fourth-order valence-corrected chi connectivity index (χ4v) is 1.59. The van der Waals surface area contributed by atoms with Crippen molar-refractivity contribution >= 4 is 0 Å². The Morgan fingerprint density at radius 3 is 2.50 bits per heavy atom. The highest BCUT2D eigenvalue weighted by atomic mass is 16.3. The Kier molecular flexibility index (Phi) is 3.76. The molecule has 1 aliphatic rings. The van der Waals surface area contributed by atoms with Gasteiger partial charge < -0.3 is 5.11 Å². The molecule has 1 heterocycles. The van der Waals surface area contributed by atoms with Crippen molar-refractivity contribution in [3.63, 3.8) is 0 Å². The summed E-state index contributed by atoms with van der Waals surface area (Å²) in [5, 5.41) is 9.60. The largest absolute Gasteiger partial charge is 0.375 e. The molecule has 0 aliphatic carbocycles. The van der Waals surface area contributed by atoms with E-state index in [2.05, 4.69) is 11.8 Å². The number of rotatable bonds is 2. The smallest absolute Gasteiger partial charge is 0.126 e. The van der Waals surface area contributed by atoms with Crippen LogP contribution in [-0.2, 0) is 0 Å². The fraction of sp³-hybridized carbons (Fsp3) is 0.800. The van der Waals surface area contributed by atoms with Gasteiger partial charge in [0.25, 0.3) is 0 Å². The van der Waals surface area contributed by atoms with Gasteiger partial charge in [0.05, 0.1) is 0 Å². The molecule has 0 aromatic carbocycles. The normalized spacial score (nSPS) is 24.9. The van der Waals surface area contributed by atoms with Crippen LogP contribution in [0.2, 0.25) is 0 Å². The molecule has 1 N–H and O–H groups in total. The predicted octanol–water partition coefficient (Wildman–Crippen LogP) is 1.61. The second kappa shape index (κ2) is 4.63. The second-order valence-electron chi connectivity index (χ2n) is 3.66. The van der Waals surface area contributed by atoms with Crippen LogP contribution in [0.4, 0.5) is 0 Å². The number of allylic oxidation sites excluding steroid dienone is 1. The van der Waals surface area contributed by atoms with Crippen LogP contribution in [0.15, 0.2) is 12.2 Å². The molecule has 1 saturated heterocycles. The minimum atomic E-state index is -0.359. The lowest BCUT2D eigenvalue weighted by Gasteiger charge is -2.32. The zero-order chi connectivity index (χ0) is 8.97. The summed E-state index contributed by atoms with van der Waals surface area (Å²) < 4.78 is 0. The third-order valence-corrected chi connectivity index (χ3v) is 2.56. The van der Waals surface area contributed by atoms with Crippen molar-refractivity contribution in [2.45, 2.75) is 32.9 Å². The molecule has 1 rings (SSSR count). The number of likely N-dealkylation sites (tertiary alicyclic amines) is 1. The van der Waals surface area contributed by atoms with Crippen molar-refractivity contribution in [2.24, 2.45) is 5.92 Å². The van der Waals surface area contributed by atoms with E-state index in [0.29, 0.717) is 0 Å². The van der Waals surface area contributed by atoms with Gasteiger partial charge in [0, 0.05) is 13.1 Å². The summed E-state index contributed by atoms with van der Waals surface area (Å²) in [6, 6.07) is 0. The number of hydrogen-bond donors (Lipinski definition) is 1. The van der Waals surface area contributed by atoms with Gasteiger partial charge in [-0.2, -0.15) is 0 Å². The summed E-state index contributed by atoms with van der Waals surface area (Å²) in [7, 11) is 0. The molecule has 0 spiro atoms. The Morgan fingerprint density at radius 2 is 2.00 bits per heavy atom. The summed E-state index contributed by atoms with van der Waals surface area (Å²) in [5.74, 6) is 0.832. The average molecular weight is 169 g/mol. The molecule has 0 aromatic rings. The van der Waals surface area contributed by atoms with Crippen molar-refractivity contribution in [3.8, 4) is 0 Å². The zero-order valence-electron chi connectivity index (χ0n) is 8.03. The lowest BCUT2D eigenvalue weighted by molar-refractivity contribution is 0.0188. The number of aliphatic hydroxyl groups is 1. The molecule has 0 saturated carbocycles. The van der Waals surface area contributed by atoms with Crippen molar-refractivity contribution < 1.29 is 5.11 Å². The molecular formula is C10H19NO. The van der Waals surface area contributed by atoms with Gasteiger partial charge in [-0.25, -0.2) is 0 Å². The molecule has 2 heteroatoms. The Morgan fingerprint density at radius 1 is 1.42 bits per heavy atom. The van der Waals surface area contributed by atoms with Crippen LogP contribution >= 0.6 is 0 Å². The fourth-order valence-electron chi connectivity index (χ4n) is 1.59. The van der Waals surface area contributed by atoms with Gasteiger partial charge in [-0.05, 0) is 31.8 Å². The zero-order valence-corrected chi connectivity index (χ0v) is 8.03. The molecule has 1 unspecified atom stereocenters. The SMILES string of the molecule is C/C=C/C(O)N1CCC(C)CC1. The summed E-state index contributed by atoms with van der Waals surface area (Å²) >= 11 is 0. The molecule has 1 aliphatic heterocycles. The van der Waals surface area contributed by atoms with E-state index < -0.39 is 0 Å². The van der Waals surface area contributed by atoms with Gasteiger partial charge in [0.2, 0.25) is 0 Å². The average Bonchev–Trinajstić information content (AvgIpc) is 2.06. The van der Waals surface area contributed by atoms with Crippen LogP contribution in [0.3, 0.4) is 0 Å². The van der Waals surface area contributed by atoms with Gasteiger partial charge in [-0.15, -0.1) is 0 Å². The highest BCUT2D eigenvalue weighted by Crippen LogP contribution is 2.17. The molecule has 0 radical (unpaired) electrons. The Bertz CT molecular complexity index is 148. The summed E-state index contributed by atoms with van der Waals surface area (Å²) in [5.41, 5.74) is 0. The monoisotopic (exact) mass is 169 g/mol. The Hall–Kier alpha value is -0.340. The maximum Gasteiger partial charge on any atom is 0.126 e. The van der Waals surface area contributed by atoms with Gasteiger partial charge in [0.1, 0.15) is 6.23 Å². The van der Waals surface area contributed by atoms with Crippen molar-refractivity contribution in [1.82, 2.24) is 4.90 Å². The van der Waals surface area contributed by atoms with Crippen LogP contribution < -0.4 is 0 Å². The van der Waals surface area contributed by atoms with Crippen molar-refractivity contribution in [2.75, 3.05) is 13.1 Å². The third kappa shape index (κ3) is 2.61. The molecule has 0 aromatic heterocycles. The van der Waals surface area contributed by atoms with E-state index in [9.17, 15) is 5.11 Å². The maximum atomic E-state index is 9.60. The van der Waals surface area contributed by atoms with Crippen LogP contribution in [-0.4, -0.2) is 29.3 Å². The molecule has 70 valence electrons. The van der Waals surface area contributed by atoms with E-state index in [4.69, 9.17) is 0 Å². The quantitative estimate of drug-likeness (QED) is 0.635. The van der Waals surface area contributed by atoms with E-state index in [1.165, 1.54) is 12.8 Å². The Labute approximate surface area is 74.9 Å². The first-order valence-electron chi connectivity index (χ1n) is 4.79. The predicted molar refractivity (Wildman–Crippen MR) is 50.8 cm³/mol. The van der Waals surface area contributed by atoms with Crippen LogP contribution in [0.25, 0.3) is 0 Å². The molecule has 1 atom stereocenters. The number of nitrogens with zero attached hydrogens (tertiary/aromatic N) is 1.